The molecule has 8 heteroatoms. The summed E-state index contributed by atoms with van der Waals surface area (Å²) in [5.74, 6) is 0.391. The van der Waals surface area contributed by atoms with Gasteiger partial charge in [0, 0.05) is 21.8 Å². The Kier molecular flexibility index (Phi) is 4.08. The average Bonchev–Trinajstić information content (AvgIpc) is 3.13. The van der Waals surface area contributed by atoms with Gasteiger partial charge in [0.05, 0.1) is 16.5 Å². The Morgan fingerprint density at radius 2 is 1.87 bits per heavy atom. The van der Waals surface area contributed by atoms with E-state index in [1.165, 1.54) is 0 Å². The molecule has 2 saturated carbocycles. The third-order valence-corrected chi connectivity index (χ3v) is 7.30. The summed E-state index contributed by atoms with van der Waals surface area (Å²) < 4.78 is 6.19. The highest BCUT2D eigenvalue weighted by Crippen LogP contribution is 2.62. The van der Waals surface area contributed by atoms with Crippen LogP contribution in [0.5, 0.6) is 0 Å². The maximum absolute atomic E-state index is 12.7. The van der Waals surface area contributed by atoms with E-state index in [2.05, 4.69) is 36.6 Å². The summed E-state index contributed by atoms with van der Waals surface area (Å²) in [7, 11) is 0. The minimum Gasteiger partial charge on any atom is -0.350 e. The first-order valence-corrected chi connectivity index (χ1v) is 11.1. The van der Waals surface area contributed by atoms with E-state index < -0.39 is 0 Å². The van der Waals surface area contributed by atoms with E-state index >= 15 is 0 Å². The van der Waals surface area contributed by atoms with Gasteiger partial charge in [-0.15, -0.1) is 0 Å². The Hall–Kier alpha value is -3.00. The molecule has 2 fully saturated rings. The van der Waals surface area contributed by atoms with Crippen molar-refractivity contribution >= 4 is 43.5 Å². The molecular formula is C23H19BrN4O3. The van der Waals surface area contributed by atoms with Gasteiger partial charge >= 0.3 is 0 Å². The molecule has 2 aliphatic rings. The van der Waals surface area contributed by atoms with Crippen LogP contribution < -0.4 is 10.9 Å². The second-order valence-electron chi connectivity index (χ2n) is 8.84. The number of aromatic nitrogens is 3. The maximum Gasteiger partial charge on any atom is 0.290 e. The third-order valence-electron chi connectivity index (χ3n) is 6.81. The van der Waals surface area contributed by atoms with Crippen LogP contribution in [0.2, 0.25) is 0 Å². The Balaban J connectivity index is 1.12. The smallest absolute Gasteiger partial charge is 0.290 e. The lowest BCUT2D eigenvalue weighted by Gasteiger charge is -2.57. The zero-order valence-electron chi connectivity index (χ0n) is 16.5. The van der Waals surface area contributed by atoms with E-state index in [4.69, 9.17) is 4.52 Å². The number of rotatable bonds is 3. The van der Waals surface area contributed by atoms with Crippen molar-refractivity contribution in [1.29, 1.82) is 0 Å². The number of nitrogens with one attached hydrogen (secondary N) is 2. The summed E-state index contributed by atoms with van der Waals surface area (Å²) in [6.45, 7) is 0. The fourth-order valence-electron chi connectivity index (χ4n) is 5.38. The number of hydrogen-bond donors (Lipinski definition) is 2. The lowest BCUT2D eigenvalue weighted by molar-refractivity contribution is -0.0199. The highest BCUT2D eigenvalue weighted by molar-refractivity contribution is 9.10. The van der Waals surface area contributed by atoms with Crippen LogP contribution in [0.1, 0.15) is 47.8 Å². The quantitative estimate of drug-likeness (QED) is 0.457. The van der Waals surface area contributed by atoms with Gasteiger partial charge in [0.25, 0.3) is 11.5 Å². The third kappa shape index (κ3) is 3.00. The van der Waals surface area contributed by atoms with Crippen LogP contribution in [0.15, 0.2) is 56.3 Å². The fraction of sp³-hybridized carbons (Fsp3) is 0.304. The predicted molar refractivity (Wildman–Crippen MR) is 119 cm³/mol. The van der Waals surface area contributed by atoms with Crippen molar-refractivity contribution in [3.63, 3.8) is 0 Å². The van der Waals surface area contributed by atoms with Gasteiger partial charge in [-0.25, -0.2) is 5.10 Å². The van der Waals surface area contributed by atoms with E-state index in [9.17, 15) is 9.59 Å². The molecule has 31 heavy (non-hydrogen) atoms. The number of fused-ring (bicyclic) bond motifs is 2. The number of aromatic amines is 1. The Morgan fingerprint density at radius 3 is 2.68 bits per heavy atom. The molecule has 156 valence electrons. The van der Waals surface area contributed by atoms with Crippen molar-refractivity contribution in [2.75, 3.05) is 0 Å². The number of nitrogens with zero attached hydrogens (tertiary/aromatic N) is 2. The van der Waals surface area contributed by atoms with Gasteiger partial charge in [-0.05, 0) is 55.4 Å². The molecule has 0 unspecified atom stereocenters. The van der Waals surface area contributed by atoms with Crippen LogP contribution in [0.3, 0.4) is 0 Å². The zero-order valence-corrected chi connectivity index (χ0v) is 18.1. The van der Waals surface area contributed by atoms with Crippen LogP contribution in [-0.4, -0.2) is 27.3 Å². The Labute approximate surface area is 185 Å². The molecule has 1 spiro atoms. The minimum absolute atomic E-state index is 0.143. The molecule has 0 radical (unpaired) electrons. The lowest BCUT2D eigenvalue weighted by Crippen LogP contribution is -2.55. The van der Waals surface area contributed by atoms with Gasteiger partial charge in [-0.1, -0.05) is 39.3 Å². The van der Waals surface area contributed by atoms with Crippen molar-refractivity contribution in [3.05, 3.63) is 68.7 Å². The maximum atomic E-state index is 12.7. The molecule has 6 rings (SSSR count). The van der Waals surface area contributed by atoms with Crippen molar-refractivity contribution in [3.8, 4) is 0 Å². The van der Waals surface area contributed by atoms with Gasteiger partial charge in [-0.2, -0.15) is 5.10 Å². The van der Waals surface area contributed by atoms with Crippen molar-refractivity contribution in [1.82, 2.24) is 20.7 Å². The number of carbonyl (C=O) groups is 1. The normalized spacial score (nSPS) is 24.8. The van der Waals surface area contributed by atoms with Crippen LogP contribution in [0.25, 0.3) is 21.7 Å². The molecule has 2 heterocycles. The van der Waals surface area contributed by atoms with Crippen LogP contribution in [0, 0.1) is 5.41 Å². The first kappa shape index (κ1) is 18.7. The van der Waals surface area contributed by atoms with Gasteiger partial charge in [0.1, 0.15) is 5.52 Å². The summed E-state index contributed by atoms with van der Waals surface area (Å²) in [5, 5.41) is 16.4. The van der Waals surface area contributed by atoms with Gasteiger partial charge in [-0.3, -0.25) is 9.59 Å². The predicted octanol–water partition coefficient (Wildman–Crippen LogP) is 4.28. The molecule has 0 aliphatic heterocycles. The molecule has 2 aromatic heterocycles. The molecule has 7 nitrogen and oxygen atoms in total. The number of amides is 1. The summed E-state index contributed by atoms with van der Waals surface area (Å²) in [6, 6.07) is 13.3. The lowest BCUT2D eigenvalue weighted by atomic mass is 9.49. The topological polar surface area (TPSA) is 101 Å². The van der Waals surface area contributed by atoms with E-state index in [0.29, 0.717) is 16.8 Å². The standard InChI is InChI=1S/C23H19BrN4O3/c24-13-5-6-17-18(7-13)28-31-20(17)22(30)25-14-10-23(11-14)8-12(9-23)19-15-3-1-2-4-16(15)21(29)27-26-19/h1-7,12,14H,8-11H2,(H,25,30)(H,27,29)/t12-,14-,23?. The molecule has 0 saturated heterocycles. The second-order valence-corrected chi connectivity index (χ2v) is 9.76. The summed E-state index contributed by atoms with van der Waals surface area (Å²) in [5.41, 5.74) is 1.75. The molecule has 0 atom stereocenters. The van der Waals surface area contributed by atoms with Gasteiger partial charge in [0.15, 0.2) is 0 Å². The number of H-pyrrole nitrogens is 1. The molecule has 1 amide bonds. The summed E-state index contributed by atoms with van der Waals surface area (Å²) >= 11 is 3.40. The Bertz CT molecular complexity index is 1390. The van der Waals surface area contributed by atoms with Crippen LogP contribution in [0.4, 0.5) is 0 Å². The summed E-state index contributed by atoms with van der Waals surface area (Å²) in [6.07, 6.45) is 3.96. The number of benzene rings is 2. The average molecular weight is 479 g/mol. The molecule has 2 aliphatic carbocycles. The SMILES string of the molecule is O=C(N[C@H]1CC2(C1)C[C@H](c1n[nH]c(=O)c3ccccc31)C2)c1onc2cc(Br)ccc12. The van der Waals surface area contributed by atoms with Gasteiger partial charge < -0.3 is 9.84 Å². The zero-order chi connectivity index (χ0) is 21.2. The van der Waals surface area contributed by atoms with E-state index in [0.717, 1.165) is 46.6 Å². The van der Waals surface area contributed by atoms with Crippen LogP contribution in [-0.2, 0) is 0 Å². The summed E-state index contributed by atoms with van der Waals surface area (Å²) in [4.78, 5) is 24.7. The fourth-order valence-corrected chi connectivity index (χ4v) is 5.73. The minimum atomic E-state index is -0.214. The highest BCUT2D eigenvalue weighted by Gasteiger charge is 2.54. The van der Waals surface area contributed by atoms with E-state index in [-0.39, 0.29) is 28.7 Å². The monoisotopic (exact) mass is 478 g/mol. The van der Waals surface area contributed by atoms with Gasteiger partial charge in [0.2, 0.25) is 5.76 Å². The van der Waals surface area contributed by atoms with Crippen molar-refractivity contribution in [2.24, 2.45) is 5.41 Å². The highest BCUT2D eigenvalue weighted by atomic mass is 79.9. The largest absolute Gasteiger partial charge is 0.350 e. The van der Waals surface area contributed by atoms with Crippen LogP contribution >= 0.6 is 15.9 Å². The number of hydrogen-bond acceptors (Lipinski definition) is 5. The first-order chi connectivity index (χ1) is 15.0. The molecule has 2 aromatic carbocycles. The molecule has 4 aromatic rings. The number of halogens is 1. The van der Waals surface area contributed by atoms with E-state index in [1.54, 1.807) is 0 Å². The number of carbonyl (C=O) groups excluding carboxylic acids is 1. The molecule has 0 bridgehead atoms. The van der Waals surface area contributed by atoms with Crippen molar-refractivity contribution < 1.29 is 9.32 Å². The Morgan fingerprint density at radius 1 is 1.10 bits per heavy atom. The first-order valence-electron chi connectivity index (χ1n) is 10.3. The molecule has 2 N–H and O–H groups in total. The molecular weight excluding hydrogens is 460 g/mol. The van der Waals surface area contributed by atoms with E-state index in [1.807, 2.05) is 42.5 Å². The second kappa shape index (κ2) is 6.75. The van der Waals surface area contributed by atoms with Crippen molar-refractivity contribution in [2.45, 2.75) is 37.6 Å².